The summed E-state index contributed by atoms with van der Waals surface area (Å²) in [5, 5.41) is 2.13. The number of carbonyl (C=O) groups is 2. The number of nitrogens with one attached hydrogen (secondary N) is 1. The molecule has 2 aromatic carbocycles. The van der Waals surface area contributed by atoms with Crippen molar-refractivity contribution in [3.8, 4) is 17.0 Å². The zero-order chi connectivity index (χ0) is 22.6. The van der Waals surface area contributed by atoms with E-state index in [0.29, 0.717) is 16.6 Å². The number of carbonyl (C=O) groups excluding carboxylic acids is 2. The zero-order valence-corrected chi connectivity index (χ0v) is 16.7. The number of nitrogens with zero attached hydrogens (tertiary/aromatic N) is 1. The van der Waals surface area contributed by atoms with Crippen LogP contribution in [-0.4, -0.2) is 36.3 Å². The molecule has 0 saturated heterocycles. The van der Waals surface area contributed by atoms with Crippen LogP contribution in [0, 0.1) is 6.92 Å². The molecule has 0 atom stereocenters. The van der Waals surface area contributed by atoms with Gasteiger partial charge in [-0.3, -0.25) is 4.79 Å². The van der Waals surface area contributed by atoms with E-state index in [1.54, 1.807) is 18.3 Å². The van der Waals surface area contributed by atoms with Crippen LogP contribution >= 0.6 is 0 Å². The van der Waals surface area contributed by atoms with Crippen molar-refractivity contribution in [2.75, 3.05) is 18.5 Å². The topological polar surface area (TPSA) is 77.5 Å². The molecule has 0 fully saturated rings. The Morgan fingerprint density at radius 2 is 1.77 bits per heavy atom. The van der Waals surface area contributed by atoms with Gasteiger partial charge in [0.1, 0.15) is 5.75 Å². The molecule has 1 amide bonds. The molecule has 162 valence electrons. The first-order valence-electron chi connectivity index (χ1n) is 9.36. The van der Waals surface area contributed by atoms with E-state index >= 15 is 0 Å². The lowest BCUT2D eigenvalue weighted by Crippen LogP contribution is -2.29. The number of esters is 1. The van der Waals surface area contributed by atoms with Crippen LogP contribution < -0.4 is 10.1 Å². The number of alkyl halides is 3. The van der Waals surface area contributed by atoms with Crippen LogP contribution in [0.25, 0.3) is 22.2 Å². The largest absolute Gasteiger partial charge is 0.481 e. The number of benzene rings is 2. The first kappa shape index (κ1) is 22.1. The summed E-state index contributed by atoms with van der Waals surface area (Å²) in [7, 11) is 0. The highest BCUT2D eigenvalue weighted by Crippen LogP contribution is 2.32. The first-order valence-corrected chi connectivity index (χ1v) is 9.36. The summed E-state index contributed by atoms with van der Waals surface area (Å²) in [6.07, 6.45) is -5.02. The predicted molar refractivity (Wildman–Crippen MR) is 109 cm³/mol. The van der Waals surface area contributed by atoms with Crippen LogP contribution in [0.1, 0.15) is 12.5 Å². The zero-order valence-electron chi connectivity index (χ0n) is 16.7. The molecule has 0 aliphatic carbocycles. The van der Waals surface area contributed by atoms with Crippen molar-refractivity contribution in [3.05, 3.63) is 54.1 Å². The van der Waals surface area contributed by atoms with Gasteiger partial charge in [-0.1, -0.05) is 29.8 Å². The number of pyridine rings is 1. The Kier molecular flexibility index (Phi) is 6.43. The van der Waals surface area contributed by atoms with E-state index < -0.39 is 18.1 Å². The average Bonchev–Trinajstić information content (AvgIpc) is 2.72. The summed E-state index contributed by atoms with van der Waals surface area (Å²) in [6, 6.07) is 13.2. The summed E-state index contributed by atoms with van der Waals surface area (Å²) >= 11 is 0. The number of hydrogen-bond acceptors (Lipinski definition) is 5. The first-order chi connectivity index (χ1) is 14.7. The number of hydrogen-bond donors (Lipinski definition) is 1. The van der Waals surface area contributed by atoms with E-state index in [1.165, 1.54) is 18.2 Å². The molecule has 0 bridgehead atoms. The number of rotatable bonds is 6. The molecule has 0 radical (unpaired) electrons. The Balaban J connectivity index is 2.03. The average molecular weight is 432 g/mol. The molecule has 9 heteroatoms. The quantitative estimate of drug-likeness (QED) is 0.574. The number of aryl methyl sites for hydroxylation is 1. The van der Waals surface area contributed by atoms with Crippen LogP contribution in [0.5, 0.6) is 5.75 Å². The molecule has 31 heavy (non-hydrogen) atoms. The Morgan fingerprint density at radius 1 is 1.06 bits per heavy atom. The van der Waals surface area contributed by atoms with Gasteiger partial charge in [0.05, 0.1) is 17.8 Å². The fourth-order valence-electron chi connectivity index (χ4n) is 2.81. The maximum atomic E-state index is 12.6. The minimum Gasteiger partial charge on any atom is -0.481 e. The highest BCUT2D eigenvalue weighted by molar-refractivity contribution is 5.98. The molecule has 0 unspecified atom stereocenters. The van der Waals surface area contributed by atoms with Crippen LogP contribution in [0.2, 0.25) is 0 Å². The van der Waals surface area contributed by atoms with Gasteiger partial charge in [-0.05, 0) is 32.0 Å². The van der Waals surface area contributed by atoms with Gasteiger partial charge in [0.2, 0.25) is 0 Å². The molecule has 1 N–H and O–H groups in total. The molecular weight excluding hydrogens is 413 g/mol. The van der Waals surface area contributed by atoms with Crippen molar-refractivity contribution in [2.45, 2.75) is 20.0 Å². The van der Waals surface area contributed by atoms with Crippen molar-refractivity contribution in [1.82, 2.24) is 4.98 Å². The van der Waals surface area contributed by atoms with Gasteiger partial charge >= 0.3 is 18.1 Å². The van der Waals surface area contributed by atoms with Crippen LogP contribution in [0.15, 0.2) is 48.5 Å². The fourth-order valence-corrected chi connectivity index (χ4v) is 2.81. The van der Waals surface area contributed by atoms with Crippen LogP contribution in [0.4, 0.5) is 18.9 Å². The molecular formula is C22H19F3N2O4. The van der Waals surface area contributed by atoms with Gasteiger partial charge in [-0.2, -0.15) is 13.2 Å². The second-order valence-electron chi connectivity index (χ2n) is 6.65. The second-order valence-corrected chi connectivity index (χ2v) is 6.65. The second kappa shape index (κ2) is 9.03. The highest BCUT2D eigenvalue weighted by atomic mass is 19.4. The third kappa shape index (κ3) is 5.50. The molecule has 1 heterocycles. The summed E-state index contributed by atoms with van der Waals surface area (Å²) in [6.45, 7) is 3.40. The molecule has 0 saturated carbocycles. The molecule has 1 aromatic heterocycles. The lowest BCUT2D eigenvalue weighted by molar-refractivity contribution is -0.167. The smallest absolute Gasteiger partial charge is 0.471 e. The van der Waals surface area contributed by atoms with E-state index in [9.17, 15) is 22.8 Å². The molecule has 3 aromatic rings. The fraction of sp³-hybridized carbons (Fsp3) is 0.227. The van der Waals surface area contributed by atoms with Gasteiger partial charge in [-0.25, -0.2) is 9.78 Å². The normalized spacial score (nSPS) is 11.3. The van der Waals surface area contributed by atoms with Gasteiger partial charge in [-0.15, -0.1) is 0 Å². The van der Waals surface area contributed by atoms with E-state index in [4.69, 9.17) is 9.47 Å². The third-order valence-electron chi connectivity index (χ3n) is 4.28. The SMILES string of the molecule is CCOC(=O)COc1cc(-c2ccc(C)cc2)nc2ccc(NC(=O)C(F)(F)F)cc12. The number of ether oxygens (including phenoxy) is 2. The van der Waals surface area contributed by atoms with Crippen LogP contribution in [0.3, 0.4) is 0 Å². The number of fused-ring (bicyclic) bond motifs is 1. The minimum absolute atomic E-state index is 0.0827. The van der Waals surface area contributed by atoms with Crippen molar-refractivity contribution in [1.29, 1.82) is 0 Å². The molecule has 0 spiro atoms. The lowest BCUT2D eigenvalue weighted by Gasteiger charge is -2.13. The highest BCUT2D eigenvalue weighted by Gasteiger charge is 2.38. The number of amides is 1. The molecule has 6 nitrogen and oxygen atoms in total. The molecule has 0 aliphatic heterocycles. The summed E-state index contributed by atoms with van der Waals surface area (Å²) in [5.41, 5.74) is 2.75. The number of aromatic nitrogens is 1. The predicted octanol–water partition coefficient (Wildman–Crippen LogP) is 4.65. The monoisotopic (exact) mass is 432 g/mol. The van der Waals surface area contributed by atoms with E-state index in [0.717, 1.165) is 11.1 Å². The number of anilines is 1. The van der Waals surface area contributed by atoms with Gasteiger partial charge < -0.3 is 14.8 Å². The number of halogens is 3. The Bertz CT molecular complexity index is 1110. The standard InChI is InChI=1S/C22H19F3N2O4/c1-3-30-20(28)12-31-19-11-18(14-6-4-13(2)5-7-14)27-17-9-8-15(10-16(17)19)26-21(29)22(23,24)25/h4-11H,3,12H2,1-2H3,(H,26,29). The van der Waals surface area contributed by atoms with Gasteiger partial charge in [0.25, 0.3) is 0 Å². The van der Waals surface area contributed by atoms with E-state index in [-0.39, 0.29) is 24.7 Å². The van der Waals surface area contributed by atoms with Crippen molar-refractivity contribution < 1.29 is 32.2 Å². The van der Waals surface area contributed by atoms with Gasteiger partial charge in [0, 0.05) is 22.7 Å². The summed E-state index contributed by atoms with van der Waals surface area (Å²) in [4.78, 5) is 27.5. The Morgan fingerprint density at radius 3 is 2.42 bits per heavy atom. The van der Waals surface area contributed by atoms with Crippen molar-refractivity contribution in [3.63, 3.8) is 0 Å². The summed E-state index contributed by atoms with van der Waals surface area (Å²) < 4.78 is 48.2. The minimum atomic E-state index is -5.02. The molecule has 0 aliphatic rings. The van der Waals surface area contributed by atoms with E-state index in [1.807, 2.05) is 31.2 Å². The Labute approximate surface area is 176 Å². The van der Waals surface area contributed by atoms with Crippen molar-refractivity contribution in [2.24, 2.45) is 0 Å². The van der Waals surface area contributed by atoms with Crippen LogP contribution in [-0.2, 0) is 14.3 Å². The third-order valence-corrected chi connectivity index (χ3v) is 4.28. The van der Waals surface area contributed by atoms with Crippen molar-refractivity contribution >= 4 is 28.5 Å². The summed E-state index contributed by atoms with van der Waals surface area (Å²) in [5.74, 6) is -2.47. The maximum Gasteiger partial charge on any atom is 0.471 e. The molecule has 3 rings (SSSR count). The van der Waals surface area contributed by atoms with Gasteiger partial charge in [0.15, 0.2) is 6.61 Å². The Hall–Kier alpha value is -3.62. The lowest BCUT2D eigenvalue weighted by atomic mass is 10.1. The van der Waals surface area contributed by atoms with E-state index in [2.05, 4.69) is 4.98 Å². The maximum absolute atomic E-state index is 12.6.